The molecule has 9 heteroatoms. The lowest BCUT2D eigenvalue weighted by atomic mass is 10.1. The van der Waals surface area contributed by atoms with Crippen LogP contribution in [0.5, 0.6) is 0 Å². The maximum atomic E-state index is 12.9. The molecule has 0 radical (unpaired) electrons. The number of sulfonamides is 2. The number of rotatable bonds is 6. The number of hydrogen-bond donors (Lipinski definition) is 2. The van der Waals surface area contributed by atoms with Crippen molar-refractivity contribution in [1.29, 1.82) is 0 Å². The van der Waals surface area contributed by atoms with E-state index in [0.717, 1.165) is 21.5 Å². The minimum absolute atomic E-state index is 0.00753. The molecule has 1 heterocycles. The van der Waals surface area contributed by atoms with Gasteiger partial charge in [-0.3, -0.25) is 9.44 Å². The Morgan fingerprint density at radius 2 is 0.882 bits per heavy atom. The van der Waals surface area contributed by atoms with Crippen molar-refractivity contribution in [3.63, 3.8) is 0 Å². The third-order valence-electron chi connectivity index (χ3n) is 5.29. The van der Waals surface area contributed by atoms with E-state index in [1.54, 1.807) is 24.3 Å². The summed E-state index contributed by atoms with van der Waals surface area (Å²) >= 11 is 0. The van der Waals surface area contributed by atoms with E-state index < -0.39 is 20.0 Å². The van der Waals surface area contributed by atoms with Gasteiger partial charge in [0.25, 0.3) is 20.0 Å². The van der Waals surface area contributed by atoms with E-state index in [4.69, 9.17) is 0 Å². The second-order valence-electron chi connectivity index (χ2n) is 7.64. The molecule has 1 aromatic heterocycles. The van der Waals surface area contributed by atoms with Crippen molar-refractivity contribution in [2.75, 3.05) is 9.44 Å². The van der Waals surface area contributed by atoms with Crippen molar-refractivity contribution < 1.29 is 16.8 Å². The molecule has 0 atom stereocenters. The molecule has 0 aliphatic rings. The Balaban J connectivity index is 1.40. The number of aromatic nitrogens is 1. The molecule has 0 spiro atoms. The molecule has 0 aliphatic carbocycles. The Bertz CT molecular complexity index is 1620. The number of anilines is 2. The predicted octanol–water partition coefficient (Wildman–Crippen LogP) is 4.99. The first-order valence-electron chi connectivity index (χ1n) is 10.3. The van der Waals surface area contributed by atoms with Gasteiger partial charge in [-0.15, -0.1) is 0 Å². The van der Waals surface area contributed by atoms with Crippen LogP contribution in [0.2, 0.25) is 0 Å². The molecule has 0 fully saturated rings. The summed E-state index contributed by atoms with van der Waals surface area (Å²) < 4.78 is 56.4. The SMILES string of the molecule is O=S(=O)(Nc1cccc(NS(=O)(=O)c2ccc3ccccc3c2)n1)c1ccc2ccccc2c1. The number of hydrogen-bond acceptors (Lipinski definition) is 5. The molecule has 0 amide bonds. The Morgan fingerprint density at radius 3 is 1.32 bits per heavy atom. The normalized spacial score (nSPS) is 12.0. The molecule has 7 nitrogen and oxygen atoms in total. The van der Waals surface area contributed by atoms with Crippen molar-refractivity contribution in [1.82, 2.24) is 4.98 Å². The zero-order chi connectivity index (χ0) is 23.8. The van der Waals surface area contributed by atoms with E-state index >= 15 is 0 Å². The summed E-state index contributed by atoms with van der Waals surface area (Å²) in [6.07, 6.45) is 0. The Hall–Kier alpha value is -3.95. The molecule has 0 bridgehead atoms. The predicted molar refractivity (Wildman–Crippen MR) is 134 cm³/mol. The summed E-state index contributed by atoms with van der Waals surface area (Å²) in [6.45, 7) is 0. The fourth-order valence-corrected chi connectivity index (χ4v) is 5.68. The van der Waals surface area contributed by atoms with Gasteiger partial charge in [-0.2, -0.15) is 0 Å². The first-order valence-corrected chi connectivity index (χ1v) is 13.3. The Kier molecular flexibility index (Phi) is 5.43. The van der Waals surface area contributed by atoms with Gasteiger partial charge in [-0.25, -0.2) is 21.8 Å². The lowest BCUT2D eigenvalue weighted by Gasteiger charge is -2.11. The smallest absolute Gasteiger partial charge is 0.263 e. The lowest BCUT2D eigenvalue weighted by Crippen LogP contribution is -2.16. The monoisotopic (exact) mass is 489 g/mol. The summed E-state index contributed by atoms with van der Waals surface area (Å²) in [7, 11) is -7.86. The van der Waals surface area contributed by atoms with Crippen LogP contribution in [0.4, 0.5) is 11.6 Å². The van der Waals surface area contributed by atoms with Crippen LogP contribution < -0.4 is 9.44 Å². The summed E-state index contributed by atoms with van der Waals surface area (Å²) in [6, 6.07) is 28.9. The number of fused-ring (bicyclic) bond motifs is 2. The zero-order valence-corrected chi connectivity index (χ0v) is 19.3. The maximum absolute atomic E-state index is 12.9. The number of nitrogens with one attached hydrogen (secondary N) is 2. The van der Waals surface area contributed by atoms with Gasteiger partial charge in [-0.1, -0.05) is 66.7 Å². The molecule has 34 heavy (non-hydrogen) atoms. The van der Waals surface area contributed by atoms with Crippen molar-refractivity contribution in [3.05, 3.63) is 103 Å². The van der Waals surface area contributed by atoms with E-state index in [0.29, 0.717) is 0 Å². The van der Waals surface area contributed by atoms with Crippen LogP contribution in [0.25, 0.3) is 21.5 Å². The van der Waals surface area contributed by atoms with Gasteiger partial charge in [0, 0.05) is 0 Å². The molecule has 5 aromatic rings. The summed E-state index contributed by atoms with van der Waals surface area (Å²) in [4.78, 5) is 4.30. The highest BCUT2D eigenvalue weighted by atomic mass is 32.2. The Labute approximate surface area is 197 Å². The molecule has 2 N–H and O–H groups in total. The molecular formula is C25H19N3O4S2. The lowest BCUT2D eigenvalue weighted by molar-refractivity contribution is 0.600. The maximum Gasteiger partial charge on any atom is 0.263 e. The number of pyridine rings is 1. The van der Waals surface area contributed by atoms with Crippen molar-refractivity contribution in [2.24, 2.45) is 0 Å². The second kappa shape index (κ2) is 8.44. The average Bonchev–Trinajstić information content (AvgIpc) is 2.83. The molecule has 0 saturated heterocycles. The van der Waals surface area contributed by atoms with Crippen LogP contribution in [-0.4, -0.2) is 21.8 Å². The fraction of sp³-hybridized carbons (Fsp3) is 0. The fourth-order valence-electron chi connectivity index (χ4n) is 3.61. The molecule has 5 rings (SSSR count). The van der Waals surface area contributed by atoms with E-state index in [1.165, 1.54) is 30.3 Å². The van der Waals surface area contributed by atoms with E-state index in [2.05, 4.69) is 14.4 Å². The van der Waals surface area contributed by atoms with E-state index in [9.17, 15) is 16.8 Å². The molecule has 0 saturated carbocycles. The highest BCUT2D eigenvalue weighted by Crippen LogP contribution is 2.23. The first-order chi connectivity index (χ1) is 16.3. The van der Waals surface area contributed by atoms with Gasteiger partial charge in [0.2, 0.25) is 0 Å². The summed E-state index contributed by atoms with van der Waals surface area (Å²) in [5.74, 6) is -0.0151. The van der Waals surface area contributed by atoms with Crippen LogP contribution in [0, 0.1) is 0 Å². The van der Waals surface area contributed by atoms with Gasteiger partial charge >= 0.3 is 0 Å². The quantitative estimate of drug-likeness (QED) is 0.350. The van der Waals surface area contributed by atoms with Crippen LogP contribution in [0.15, 0.2) is 113 Å². The van der Waals surface area contributed by atoms with Crippen LogP contribution >= 0.6 is 0 Å². The van der Waals surface area contributed by atoms with Gasteiger partial charge in [0.15, 0.2) is 0 Å². The average molecular weight is 490 g/mol. The van der Waals surface area contributed by atoms with Crippen LogP contribution in [0.1, 0.15) is 0 Å². The van der Waals surface area contributed by atoms with Gasteiger partial charge in [-0.05, 0) is 57.9 Å². The van der Waals surface area contributed by atoms with Gasteiger partial charge in [0.05, 0.1) is 9.79 Å². The molecule has 0 aliphatic heterocycles. The highest BCUT2D eigenvalue weighted by Gasteiger charge is 2.18. The summed E-state index contributed by atoms with van der Waals surface area (Å²) in [5, 5.41) is 3.42. The van der Waals surface area contributed by atoms with Crippen molar-refractivity contribution >= 4 is 53.2 Å². The van der Waals surface area contributed by atoms with Crippen molar-refractivity contribution in [3.8, 4) is 0 Å². The van der Waals surface area contributed by atoms with Crippen LogP contribution in [0.3, 0.4) is 0 Å². The molecule has 4 aromatic carbocycles. The minimum atomic E-state index is -3.93. The third-order valence-corrected chi connectivity index (χ3v) is 7.99. The van der Waals surface area contributed by atoms with Crippen LogP contribution in [-0.2, 0) is 20.0 Å². The first kappa shape index (κ1) is 21.9. The third kappa shape index (κ3) is 4.43. The standard InChI is InChI=1S/C25H19N3O4S2/c29-33(30,22-14-12-18-6-1-3-8-20(18)16-22)27-24-10-5-11-25(26-24)28-34(31,32)23-15-13-19-7-2-4-9-21(19)17-23/h1-17H,(H2,26,27,28). The van der Waals surface area contributed by atoms with Gasteiger partial charge < -0.3 is 0 Å². The largest absolute Gasteiger partial charge is 0.263 e. The summed E-state index contributed by atoms with van der Waals surface area (Å²) in [5.41, 5.74) is 0. The second-order valence-corrected chi connectivity index (χ2v) is 11.0. The molecule has 170 valence electrons. The van der Waals surface area contributed by atoms with E-state index in [-0.39, 0.29) is 21.4 Å². The van der Waals surface area contributed by atoms with Gasteiger partial charge in [0.1, 0.15) is 11.6 Å². The van der Waals surface area contributed by atoms with E-state index in [1.807, 2.05) is 48.5 Å². The molecular weight excluding hydrogens is 470 g/mol. The highest BCUT2D eigenvalue weighted by molar-refractivity contribution is 7.93. The number of nitrogens with zero attached hydrogens (tertiary/aromatic N) is 1. The zero-order valence-electron chi connectivity index (χ0n) is 17.7. The van der Waals surface area contributed by atoms with Crippen molar-refractivity contribution in [2.45, 2.75) is 9.79 Å². The number of benzene rings is 4. The molecule has 0 unspecified atom stereocenters. The topological polar surface area (TPSA) is 105 Å². The minimum Gasteiger partial charge on any atom is -0.263 e. The Morgan fingerprint density at radius 1 is 0.471 bits per heavy atom.